The van der Waals surface area contributed by atoms with E-state index < -0.39 is 48.2 Å². The van der Waals surface area contributed by atoms with Crippen molar-refractivity contribution >= 4 is 11.9 Å². The summed E-state index contributed by atoms with van der Waals surface area (Å²) < 4.78 is 24.1. The van der Waals surface area contributed by atoms with Crippen LogP contribution in [0.5, 0.6) is 0 Å². The Labute approximate surface area is 273 Å². The van der Waals surface area contributed by atoms with Gasteiger partial charge in [0.2, 0.25) is 0 Å². The van der Waals surface area contributed by atoms with Gasteiger partial charge in [0.25, 0.3) is 0 Å². The number of carbonyl (C=O) groups is 2. The SMILES string of the molecule is CC(=O)OC[C@H]1O[C@@H](O[C@@H]2C[C@H]3C(C)(C)[C@H](OC(C)=O)CC[C@]3(C)[C@H]3CC[C@]45C[C@H](O)C[C@H](C)[C@@H]4CC=C5[C@@]32C)[C@H](O)[C@@H](O)[C@@H]1O. The van der Waals surface area contributed by atoms with Crippen LogP contribution in [-0.2, 0) is 28.5 Å². The van der Waals surface area contributed by atoms with Crippen molar-refractivity contribution in [1.29, 1.82) is 0 Å². The van der Waals surface area contributed by atoms with Crippen LogP contribution in [0.2, 0.25) is 0 Å². The fraction of sp³-hybridized carbons (Fsp3) is 0.889. The van der Waals surface area contributed by atoms with Gasteiger partial charge in [0, 0.05) is 24.7 Å². The summed E-state index contributed by atoms with van der Waals surface area (Å²) in [7, 11) is 0. The van der Waals surface area contributed by atoms with E-state index in [4.69, 9.17) is 18.9 Å². The molecule has 15 atom stereocenters. The molecule has 1 saturated heterocycles. The third-order valence-corrected chi connectivity index (χ3v) is 14.0. The van der Waals surface area contributed by atoms with Crippen LogP contribution in [0.3, 0.4) is 0 Å². The molecular formula is C36H56O10. The number of fused-ring (bicyclic) bond motifs is 4. The third kappa shape index (κ3) is 5.11. The average Bonchev–Trinajstić information content (AvgIpc) is 3.36. The summed E-state index contributed by atoms with van der Waals surface area (Å²) in [6, 6.07) is 0. The second kappa shape index (κ2) is 11.8. The van der Waals surface area contributed by atoms with Gasteiger partial charge in [0.1, 0.15) is 37.1 Å². The van der Waals surface area contributed by atoms with Crippen molar-refractivity contribution in [3.8, 4) is 0 Å². The minimum absolute atomic E-state index is 0.0895. The van der Waals surface area contributed by atoms with Crippen molar-refractivity contribution in [1.82, 2.24) is 0 Å². The van der Waals surface area contributed by atoms with E-state index in [0.29, 0.717) is 18.3 Å². The van der Waals surface area contributed by atoms with Crippen LogP contribution in [0.4, 0.5) is 0 Å². The molecule has 6 aliphatic rings. The van der Waals surface area contributed by atoms with Crippen molar-refractivity contribution in [2.45, 2.75) is 149 Å². The highest BCUT2D eigenvalue weighted by molar-refractivity contribution is 5.66. The molecule has 5 aliphatic carbocycles. The molecule has 1 heterocycles. The maximum absolute atomic E-state index is 12.2. The van der Waals surface area contributed by atoms with Gasteiger partial charge in [-0.25, -0.2) is 0 Å². The van der Waals surface area contributed by atoms with Gasteiger partial charge in [-0.05, 0) is 85.9 Å². The lowest BCUT2D eigenvalue weighted by molar-refractivity contribution is -0.335. The van der Waals surface area contributed by atoms with Crippen LogP contribution < -0.4 is 0 Å². The molecule has 6 rings (SSSR count). The number of aliphatic hydroxyl groups is 4. The first-order valence-electron chi connectivity index (χ1n) is 17.5. The van der Waals surface area contributed by atoms with Crippen LogP contribution in [0, 0.1) is 45.3 Å². The first-order valence-corrected chi connectivity index (χ1v) is 17.5. The number of carbonyl (C=O) groups excluding carboxylic acids is 2. The summed E-state index contributed by atoms with van der Waals surface area (Å²) in [5, 5.41) is 43.9. The number of hydrogen-bond donors (Lipinski definition) is 4. The Bertz CT molecular complexity index is 1230. The smallest absolute Gasteiger partial charge is 0.302 e. The standard InChI is InChI=1S/C36H56O10/c1-18-14-21(39)16-36-13-10-24-34(6)12-11-27(44-20(3)38)33(4,5)26(34)15-28(35(24,7)25(36)9-8-22(18)36)46-32-31(42)30(41)29(40)23(45-32)17-43-19(2)37/h9,18,21-24,26-32,39-42H,8,10-17H2,1-7H3/t18-,21+,22-,23+,24+,26-,27+,28+,29+,30-,31+,32-,34+,35+,36-/m0/s1. The molecule has 1 aliphatic heterocycles. The Balaban J connectivity index is 1.41. The van der Waals surface area contributed by atoms with Crippen LogP contribution in [0.1, 0.15) is 99.8 Å². The van der Waals surface area contributed by atoms with Gasteiger partial charge in [0.15, 0.2) is 6.29 Å². The summed E-state index contributed by atoms with van der Waals surface area (Å²) in [5.74, 6) is 0.330. The molecule has 0 aromatic heterocycles. The molecule has 10 nitrogen and oxygen atoms in total. The zero-order valence-electron chi connectivity index (χ0n) is 28.6. The van der Waals surface area contributed by atoms with Crippen LogP contribution in [0.15, 0.2) is 11.6 Å². The highest BCUT2D eigenvalue weighted by atomic mass is 16.7. The van der Waals surface area contributed by atoms with Gasteiger partial charge in [-0.1, -0.05) is 46.3 Å². The van der Waals surface area contributed by atoms with Crippen molar-refractivity contribution in [3.05, 3.63) is 11.6 Å². The topological polar surface area (TPSA) is 152 Å². The summed E-state index contributed by atoms with van der Waals surface area (Å²) in [5.41, 5.74) is 0.317. The van der Waals surface area contributed by atoms with E-state index in [0.717, 1.165) is 44.9 Å². The molecule has 1 spiro atoms. The van der Waals surface area contributed by atoms with E-state index in [1.807, 2.05) is 0 Å². The third-order valence-electron chi connectivity index (χ3n) is 14.0. The van der Waals surface area contributed by atoms with Crippen LogP contribution >= 0.6 is 0 Å². The first-order chi connectivity index (χ1) is 21.5. The Morgan fingerprint density at radius 3 is 2.30 bits per heavy atom. The zero-order chi connectivity index (χ0) is 33.6. The average molecular weight is 649 g/mol. The van der Waals surface area contributed by atoms with Crippen LogP contribution in [-0.4, -0.2) is 88.0 Å². The van der Waals surface area contributed by atoms with Gasteiger partial charge < -0.3 is 39.4 Å². The molecular weight excluding hydrogens is 592 g/mol. The largest absolute Gasteiger partial charge is 0.463 e. The minimum Gasteiger partial charge on any atom is -0.463 e. The van der Waals surface area contributed by atoms with Gasteiger partial charge in [-0.15, -0.1) is 0 Å². The molecule has 0 amide bonds. The first kappa shape index (κ1) is 34.3. The molecule has 4 N–H and O–H groups in total. The Morgan fingerprint density at radius 2 is 1.63 bits per heavy atom. The van der Waals surface area contributed by atoms with E-state index in [1.54, 1.807) is 0 Å². The molecule has 0 unspecified atom stereocenters. The van der Waals surface area contributed by atoms with Crippen molar-refractivity contribution in [2.75, 3.05) is 6.61 Å². The van der Waals surface area contributed by atoms with E-state index in [1.165, 1.54) is 19.4 Å². The highest BCUT2D eigenvalue weighted by Crippen LogP contribution is 2.75. The lowest BCUT2D eigenvalue weighted by atomic mass is 9.36. The van der Waals surface area contributed by atoms with E-state index in [-0.39, 0.29) is 52.9 Å². The maximum atomic E-state index is 12.2. The summed E-state index contributed by atoms with van der Waals surface area (Å²) in [6.45, 7) is 13.8. The number of esters is 2. The number of ether oxygens (including phenoxy) is 4. The second-order valence-electron chi connectivity index (χ2n) is 16.8. The van der Waals surface area contributed by atoms with Crippen molar-refractivity contribution in [3.63, 3.8) is 0 Å². The summed E-state index contributed by atoms with van der Waals surface area (Å²) in [6.07, 6.45) is 1.29. The Morgan fingerprint density at radius 1 is 0.913 bits per heavy atom. The predicted molar refractivity (Wildman–Crippen MR) is 167 cm³/mol. The van der Waals surface area contributed by atoms with E-state index in [9.17, 15) is 30.0 Å². The molecule has 0 aromatic carbocycles. The number of rotatable bonds is 5. The van der Waals surface area contributed by atoms with Crippen molar-refractivity contribution in [2.24, 2.45) is 45.3 Å². The Kier molecular flexibility index (Phi) is 8.80. The molecule has 4 saturated carbocycles. The molecule has 0 aromatic rings. The monoisotopic (exact) mass is 648 g/mol. The fourth-order valence-corrected chi connectivity index (χ4v) is 12.1. The van der Waals surface area contributed by atoms with Crippen molar-refractivity contribution < 1.29 is 49.0 Å². The van der Waals surface area contributed by atoms with Crippen LogP contribution in [0.25, 0.3) is 0 Å². The summed E-state index contributed by atoms with van der Waals surface area (Å²) >= 11 is 0. The van der Waals surface area contributed by atoms with E-state index in [2.05, 4.69) is 40.7 Å². The lowest BCUT2D eigenvalue weighted by Crippen LogP contribution is -2.68. The zero-order valence-corrected chi connectivity index (χ0v) is 28.6. The number of aliphatic hydroxyl groups excluding tert-OH is 4. The maximum Gasteiger partial charge on any atom is 0.302 e. The number of allylic oxidation sites excluding steroid dienone is 1. The molecule has 260 valence electrons. The number of hydrogen-bond acceptors (Lipinski definition) is 10. The minimum atomic E-state index is -1.56. The molecule has 0 bridgehead atoms. The molecule has 46 heavy (non-hydrogen) atoms. The van der Waals surface area contributed by atoms with E-state index >= 15 is 0 Å². The predicted octanol–water partition coefficient (Wildman–Crippen LogP) is 3.66. The summed E-state index contributed by atoms with van der Waals surface area (Å²) in [4.78, 5) is 23.7. The lowest BCUT2D eigenvalue weighted by Gasteiger charge is -2.70. The van der Waals surface area contributed by atoms with Gasteiger partial charge in [0.05, 0.1) is 12.2 Å². The molecule has 0 radical (unpaired) electrons. The normalized spacial score (nSPS) is 51.1. The van der Waals surface area contributed by atoms with Gasteiger partial charge in [-0.3, -0.25) is 9.59 Å². The van der Waals surface area contributed by atoms with Gasteiger partial charge >= 0.3 is 11.9 Å². The quantitative estimate of drug-likeness (QED) is 0.198. The molecule has 10 heteroatoms. The second-order valence-corrected chi connectivity index (χ2v) is 16.8. The fourth-order valence-electron chi connectivity index (χ4n) is 12.1. The highest BCUT2D eigenvalue weighted by Gasteiger charge is 2.71. The van der Waals surface area contributed by atoms with Gasteiger partial charge in [-0.2, -0.15) is 0 Å². The Hall–Kier alpha value is -1.56. The molecule has 5 fully saturated rings.